The van der Waals surface area contributed by atoms with Crippen molar-refractivity contribution >= 4 is 17.4 Å². The van der Waals surface area contributed by atoms with Crippen molar-refractivity contribution in [2.45, 2.75) is 26.0 Å². The molecule has 0 aliphatic heterocycles. The summed E-state index contributed by atoms with van der Waals surface area (Å²) in [5, 5.41) is 15.0. The number of pyridine rings is 2. The predicted octanol–water partition coefficient (Wildman–Crippen LogP) is 1.80. The average molecular weight is 286 g/mol. The van der Waals surface area contributed by atoms with Crippen LogP contribution in [-0.2, 0) is 11.3 Å². The molecule has 0 spiro atoms. The normalized spacial score (nSPS) is 11.7. The molecule has 21 heavy (non-hydrogen) atoms. The van der Waals surface area contributed by atoms with Gasteiger partial charge in [0.15, 0.2) is 0 Å². The summed E-state index contributed by atoms with van der Waals surface area (Å²) in [5.74, 6) is 0.468. The smallest absolute Gasteiger partial charge is 0.227 e. The first-order chi connectivity index (χ1) is 10.1. The van der Waals surface area contributed by atoms with Crippen LogP contribution in [0, 0.1) is 0 Å². The molecule has 6 nitrogen and oxygen atoms in total. The lowest BCUT2D eigenvalue weighted by Crippen LogP contribution is -2.17. The van der Waals surface area contributed by atoms with Crippen molar-refractivity contribution in [3.05, 3.63) is 48.4 Å². The Kier molecular flexibility index (Phi) is 5.22. The van der Waals surface area contributed by atoms with Gasteiger partial charge < -0.3 is 15.7 Å². The first kappa shape index (κ1) is 14.9. The summed E-state index contributed by atoms with van der Waals surface area (Å²) in [5.41, 5.74) is 1.53. The van der Waals surface area contributed by atoms with Crippen LogP contribution in [0.25, 0.3) is 0 Å². The Labute approximate surface area is 123 Å². The molecule has 1 atom stereocenters. The van der Waals surface area contributed by atoms with Gasteiger partial charge in [-0.15, -0.1) is 0 Å². The maximum atomic E-state index is 11.5. The molecule has 1 amide bonds. The molecule has 2 rings (SSSR count). The molecule has 2 heterocycles. The fourth-order valence-electron chi connectivity index (χ4n) is 1.74. The maximum absolute atomic E-state index is 11.5. The molecule has 0 aliphatic carbocycles. The van der Waals surface area contributed by atoms with Gasteiger partial charge >= 0.3 is 0 Å². The second kappa shape index (κ2) is 7.35. The summed E-state index contributed by atoms with van der Waals surface area (Å²) < 4.78 is 0. The van der Waals surface area contributed by atoms with Crippen molar-refractivity contribution in [1.82, 2.24) is 9.97 Å². The van der Waals surface area contributed by atoms with E-state index in [0.717, 1.165) is 5.69 Å². The van der Waals surface area contributed by atoms with Crippen LogP contribution in [0.4, 0.5) is 11.5 Å². The average Bonchev–Trinajstić information content (AvgIpc) is 2.47. The van der Waals surface area contributed by atoms with Crippen molar-refractivity contribution in [3.63, 3.8) is 0 Å². The van der Waals surface area contributed by atoms with E-state index in [1.54, 1.807) is 31.5 Å². The van der Waals surface area contributed by atoms with Gasteiger partial charge in [-0.2, -0.15) is 0 Å². The number of hydrogen-bond acceptors (Lipinski definition) is 5. The maximum Gasteiger partial charge on any atom is 0.227 e. The number of rotatable bonds is 6. The topological polar surface area (TPSA) is 87.1 Å². The first-order valence-corrected chi connectivity index (χ1v) is 6.71. The lowest BCUT2D eigenvalue weighted by Gasteiger charge is -2.08. The first-order valence-electron chi connectivity index (χ1n) is 6.71. The molecule has 0 saturated carbocycles. The van der Waals surface area contributed by atoms with Crippen LogP contribution in [0.2, 0.25) is 0 Å². The van der Waals surface area contributed by atoms with Gasteiger partial charge in [0.1, 0.15) is 5.82 Å². The van der Waals surface area contributed by atoms with Gasteiger partial charge in [-0.25, -0.2) is 4.98 Å². The standard InChI is InChI=1S/C15H18N4O2/c1-11(20)8-15(21)19-13-5-6-14(18-10-13)17-9-12-4-2-3-7-16-12/h2-7,10-11,20H,8-9H2,1H3,(H,17,18)(H,19,21). The Morgan fingerprint density at radius 3 is 2.76 bits per heavy atom. The fraction of sp³-hybridized carbons (Fsp3) is 0.267. The number of aliphatic hydroxyl groups excluding tert-OH is 1. The van der Waals surface area contributed by atoms with E-state index in [2.05, 4.69) is 20.6 Å². The van der Waals surface area contributed by atoms with Crippen LogP contribution >= 0.6 is 0 Å². The van der Waals surface area contributed by atoms with Gasteiger partial charge in [0.25, 0.3) is 0 Å². The van der Waals surface area contributed by atoms with Gasteiger partial charge in [0.05, 0.1) is 36.6 Å². The van der Waals surface area contributed by atoms with Crippen LogP contribution in [0.1, 0.15) is 19.0 Å². The second-order valence-corrected chi connectivity index (χ2v) is 4.71. The molecule has 3 N–H and O–H groups in total. The molecule has 0 fully saturated rings. The van der Waals surface area contributed by atoms with Gasteiger partial charge in [0.2, 0.25) is 5.91 Å². The molecule has 110 valence electrons. The highest BCUT2D eigenvalue weighted by Crippen LogP contribution is 2.11. The summed E-state index contributed by atoms with van der Waals surface area (Å²) in [6, 6.07) is 9.26. The Balaban J connectivity index is 1.86. The lowest BCUT2D eigenvalue weighted by atomic mass is 10.2. The zero-order valence-electron chi connectivity index (χ0n) is 11.8. The number of anilines is 2. The number of carbonyl (C=O) groups is 1. The van der Waals surface area contributed by atoms with Gasteiger partial charge in [-0.1, -0.05) is 6.07 Å². The Hall–Kier alpha value is -2.47. The minimum atomic E-state index is -0.655. The number of carbonyl (C=O) groups excluding carboxylic acids is 1. The van der Waals surface area contributed by atoms with E-state index in [1.807, 2.05) is 18.2 Å². The van der Waals surface area contributed by atoms with Crippen LogP contribution < -0.4 is 10.6 Å². The SMILES string of the molecule is CC(O)CC(=O)Nc1ccc(NCc2ccccn2)nc1. The Morgan fingerprint density at radius 1 is 1.29 bits per heavy atom. The number of aromatic nitrogens is 2. The van der Waals surface area contributed by atoms with E-state index in [9.17, 15) is 4.79 Å². The van der Waals surface area contributed by atoms with Crippen LogP contribution in [0.3, 0.4) is 0 Å². The highest BCUT2D eigenvalue weighted by molar-refractivity contribution is 5.90. The minimum absolute atomic E-state index is 0.0691. The van der Waals surface area contributed by atoms with E-state index >= 15 is 0 Å². The molecule has 0 aromatic carbocycles. The number of nitrogens with one attached hydrogen (secondary N) is 2. The monoisotopic (exact) mass is 286 g/mol. The minimum Gasteiger partial charge on any atom is -0.393 e. The van der Waals surface area contributed by atoms with Gasteiger partial charge in [-0.05, 0) is 31.2 Å². The summed E-state index contributed by atoms with van der Waals surface area (Å²) in [6.07, 6.45) is 2.73. The third-order valence-electron chi connectivity index (χ3n) is 2.70. The van der Waals surface area contributed by atoms with E-state index in [-0.39, 0.29) is 12.3 Å². The second-order valence-electron chi connectivity index (χ2n) is 4.71. The summed E-state index contributed by atoms with van der Waals surface area (Å²) >= 11 is 0. The van der Waals surface area contributed by atoms with E-state index < -0.39 is 6.10 Å². The van der Waals surface area contributed by atoms with Gasteiger partial charge in [0, 0.05) is 6.20 Å². The fourth-order valence-corrected chi connectivity index (χ4v) is 1.74. The van der Waals surface area contributed by atoms with Crippen molar-refractivity contribution in [1.29, 1.82) is 0 Å². The van der Waals surface area contributed by atoms with Crippen molar-refractivity contribution in [3.8, 4) is 0 Å². The van der Waals surface area contributed by atoms with Crippen LogP contribution in [-0.4, -0.2) is 27.1 Å². The molecule has 0 radical (unpaired) electrons. The Morgan fingerprint density at radius 2 is 2.14 bits per heavy atom. The molecule has 2 aromatic heterocycles. The molecule has 6 heteroatoms. The van der Waals surface area contributed by atoms with Gasteiger partial charge in [-0.3, -0.25) is 9.78 Å². The molecule has 0 bridgehead atoms. The number of hydrogen-bond donors (Lipinski definition) is 3. The van der Waals surface area contributed by atoms with E-state index in [1.165, 1.54) is 0 Å². The molecular formula is C15H18N4O2. The quantitative estimate of drug-likeness (QED) is 0.753. The third-order valence-corrected chi connectivity index (χ3v) is 2.70. The highest BCUT2D eigenvalue weighted by Gasteiger charge is 2.06. The summed E-state index contributed by atoms with van der Waals surface area (Å²) in [4.78, 5) is 19.9. The summed E-state index contributed by atoms with van der Waals surface area (Å²) in [7, 11) is 0. The zero-order chi connectivity index (χ0) is 15.1. The number of aliphatic hydroxyl groups is 1. The third kappa shape index (κ3) is 5.19. The van der Waals surface area contributed by atoms with E-state index in [0.29, 0.717) is 18.1 Å². The van der Waals surface area contributed by atoms with Crippen molar-refractivity contribution in [2.75, 3.05) is 10.6 Å². The molecule has 0 saturated heterocycles. The zero-order valence-corrected chi connectivity index (χ0v) is 11.8. The molecule has 2 aromatic rings. The van der Waals surface area contributed by atoms with Crippen LogP contribution in [0.5, 0.6) is 0 Å². The summed E-state index contributed by atoms with van der Waals surface area (Å²) in [6.45, 7) is 2.16. The molecule has 0 aliphatic rings. The predicted molar refractivity (Wildman–Crippen MR) is 80.7 cm³/mol. The largest absolute Gasteiger partial charge is 0.393 e. The van der Waals surface area contributed by atoms with E-state index in [4.69, 9.17) is 5.11 Å². The van der Waals surface area contributed by atoms with Crippen molar-refractivity contribution in [2.24, 2.45) is 0 Å². The lowest BCUT2D eigenvalue weighted by molar-refractivity contribution is -0.117. The molecule has 1 unspecified atom stereocenters. The number of nitrogens with zero attached hydrogens (tertiary/aromatic N) is 2. The molecular weight excluding hydrogens is 268 g/mol. The Bertz CT molecular complexity index is 570. The highest BCUT2D eigenvalue weighted by atomic mass is 16.3. The van der Waals surface area contributed by atoms with Crippen molar-refractivity contribution < 1.29 is 9.90 Å². The van der Waals surface area contributed by atoms with Crippen LogP contribution in [0.15, 0.2) is 42.7 Å². The number of amides is 1.